The van der Waals surface area contributed by atoms with Gasteiger partial charge in [0, 0.05) is 17.9 Å². The van der Waals surface area contributed by atoms with Gasteiger partial charge >= 0.3 is 0 Å². The molecule has 0 atom stereocenters. The second kappa shape index (κ2) is 7.21. The van der Waals surface area contributed by atoms with Crippen molar-refractivity contribution in [2.45, 2.75) is 32.2 Å². The molecule has 3 rings (SSSR count). The van der Waals surface area contributed by atoms with Crippen LogP contribution in [0.15, 0.2) is 57.9 Å². The largest absolute Gasteiger partial charge is 0.381 e. The van der Waals surface area contributed by atoms with E-state index in [2.05, 4.69) is 46.4 Å². The fourth-order valence-corrected chi connectivity index (χ4v) is 4.02. The number of hydrogen-bond donors (Lipinski definition) is 2. The average molecular weight is 371 g/mol. The summed E-state index contributed by atoms with van der Waals surface area (Å²) in [6, 6.07) is 15.4. The summed E-state index contributed by atoms with van der Waals surface area (Å²) in [5.41, 5.74) is 4.13. The number of nitrogens with one attached hydrogen (secondary N) is 2. The molecule has 0 bridgehead atoms. The number of aromatic nitrogens is 1. The molecule has 0 fully saturated rings. The van der Waals surface area contributed by atoms with Crippen molar-refractivity contribution in [3.05, 3.63) is 71.1 Å². The maximum absolute atomic E-state index is 12.5. The number of nitrogens with zero attached hydrogens (tertiary/aromatic N) is 1. The Morgan fingerprint density at radius 2 is 1.54 bits per heavy atom. The van der Waals surface area contributed by atoms with E-state index in [1.807, 2.05) is 12.1 Å². The van der Waals surface area contributed by atoms with Crippen LogP contribution in [0.25, 0.3) is 0 Å². The van der Waals surface area contributed by atoms with Gasteiger partial charge in [0.2, 0.25) is 0 Å². The van der Waals surface area contributed by atoms with E-state index in [0.29, 0.717) is 17.9 Å². The highest BCUT2D eigenvalue weighted by molar-refractivity contribution is 7.92. The summed E-state index contributed by atoms with van der Waals surface area (Å²) in [6.07, 6.45) is 0. The highest BCUT2D eigenvalue weighted by Gasteiger charge is 2.24. The van der Waals surface area contributed by atoms with Crippen molar-refractivity contribution < 1.29 is 12.9 Å². The molecule has 26 heavy (non-hydrogen) atoms. The van der Waals surface area contributed by atoms with E-state index < -0.39 is 10.0 Å². The second-order valence-electron chi connectivity index (χ2n) is 6.18. The Labute approximate surface area is 153 Å². The van der Waals surface area contributed by atoms with Crippen LogP contribution in [0.1, 0.15) is 22.6 Å². The van der Waals surface area contributed by atoms with Crippen LogP contribution in [-0.2, 0) is 16.6 Å². The standard InChI is InChI=1S/C19H21N3O3S/c1-13-4-6-16(7-5-13)12-20-17-8-10-18(11-9-17)22-26(23,24)19-14(2)21-25-15(19)3/h4-11,20,22H,12H2,1-3H3. The van der Waals surface area contributed by atoms with E-state index in [0.717, 1.165) is 5.69 Å². The monoisotopic (exact) mass is 371 g/mol. The van der Waals surface area contributed by atoms with Crippen molar-refractivity contribution in [2.24, 2.45) is 0 Å². The smallest absolute Gasteiger partial charge is 0.267 e. The summed E-state index contributed by atoms with van der Waals surface area (Å²) in [7, 11) is -3.73. The Bertz CT molecular complexity index is 972. The zero-order valence-corrected chi connectivity index (χ0v) is 15.7. The van der Waals surface area contributed by atoms with E-state index in [9.17, 15) is 8.42 Å². The van der Waals surface area contributed by atoms with E-state index in [-0.39, 0.29) is 10.7 Å². The van der Waals surface area contributed by atoms with E-state index >= 15 is 0 Å². The molecule has 136 valence electrons. The van der Waals surface area contributed by atoms with Crippen molar-refractivity contribution in [1.29, 1.82) is 0 Å². The fraction of sp³-hybridized carbons (Fsp3) is 0.211. The molecule has 0 unspecified atom stereocenters. The summed E-state index contributed by atoms with van der Waals surface area (Å²) in [6.45, 7) is 5.93. The predicted octanol–water partition coefficient (Wildman–Crippen LogP) is 4.01. The molecule has 2 N–H and O–H groups in total. The van der Waals surface area contributed by atoms with Gasteiger partial charge in [-0.25, -0.2) is 8.42 Å². The number of benzene rings is 2. The van der Waals surface area contributed by atoms with Gasteiger partial charge in [0.1, 0.15) is 5.69 Å². The Morgan fingerprint density at radius 1 is 0.923 bits per heavy atom. The first-order valence-electron chi connectivity index (χ1n) is 8.20. The number of aryl methyl sites for hydroxylation is 3. The molecule has 0 saturated carbocycles. The van der Waals surface area contributed by atoms with Crippen LogP contribution in [0, 0.1) is 20.8 Å². The first-order chi connectivity index (χ1) is 12.3. The molecular formula is C19H21N3O3S. The van der Waals surface area contributed by atoms with Crippen molar-refractivity contribution in [3.8, 4) is 0 Å². The molecule has 1 heterocycles. The normalized spacial score (nSPS) is 11.3. The minimum absolute atomic E-state index is 0.0825. The van der Waals surface area contributed by atoms with E-state index in [1.54, 1.807) is 26.0 Å². The lowest BCUT2D eigenvalue weighted by Crippen LogP contribution is -2.14. The maximum Gasteiger partial charge on any atom is 0.267 e. The van der Waals surface area contributed by atoms with Gasteiger partial charge in [-0.15, -0.1) is 0 Å². The third kappa shape index (κ3) is 4.05. The molecular weight excluding hydrogens is 350 g/mol. The van der Waals surface area contributed by atoms with Gasteiger partial charge in [-0.1, -0.05) is 35.0 Å². The van der Waals surface area contributed by atoms with Crippen molar-refractivity contribution in [1.82, 2.24) is 5.16 Å². The summed E-state index contributed by atoms with van der Waals surface area (Å²) >= 11 is 0. The van der Waals surface area contributed by atoms with Crippen molar-refractivity contribution >= 4 is 21.4 Å². The van der Waals surface area contributed by atoms with Crippen LogP contribution < -0.4 is 10.0 Å². The average Bonchev–Trinajstić information content (AvgIpc) is 2.95. The molecule has 0 aliphatic carbocycles. The summed E-state index contributed by atoms with van der Waals surface area (Å²) in [5, 5.41) is 7.01. The summed E-state index contributed by atoms with van der Waals surface area (Å²) < 4.78 is 32.5. The molecule has 3 aromatic rings. The Hall–Kier alpha value is -2.80. The van der Waals surface area contributed by atoms with Crippen LogP contribution in [0.5, 0.6) is 0 Å². The number of sulfonamides is 1. The fourth-order valence-electron chi connectivity index (χ4n) is 2.63. The first kappa shape index (κ1) is 18.0. The van der Waals surface area contributed by atoms with E-state index in [4.69, 9.17) is 4.52 Å². The minimum atomic E-state index is -3.73. The highest BCUT2D eigenvalue weighted by Crippen LogP contribution is 2.23. The highest BCUT2D eigenvalue weighted by atomic mass is 32.2. The zero-order chi connectivity index (χ0) is 18.7. The molecule has 0 saturated heterocycles. The van der Waals surface area contributed by atoms with Gasteiger partial charge in [-0.3, -0.25) is 4.72 Å². The molecule has 0 amide bonds. The third-order valence-electron chi connectivity index (χ3n) is 3.99. The van der Waals surface area contributed by atoms with E-state index in [1.165, 1.54) is 11.1 Å². The lowest BCUT2D eigenvalue weighted by Gasteiger charge is -2.10. The SMILES string of the molecule is Cc1ccc(CNc2ccc(NS(=O)(=O)c3c(C)noc3C)cc2)cc1. The summed E-state index contributed by atoms with van der Waals surface area (Å²) in [5.74, 6) is 0.270. The third-order valence-corrected chi connectivity index (χ3v) is 5.62. The van der Waals surface area contributed by atoms with Crippen LogP contribution >= 0.6 is 0 Å². The molecule has 1 aromatic heterocycles. The zero-order valence-electron chi connectivity index (χ0n) is 14.9. The lowest BCUT2D eigenvalue weighted by atomic mass is 10.1. The molecule has 0 aliphatic heterocycles. The Balaban J connectivity index is 1.67. The maximum atomic E-state index is 12.5. The number of anilines is 2. The van der Waals surface area contributed by atoms with Gasteiger partial charge in [-0.2, -0.15) is 0 Å². The van der Waals surface area contributed by atoms with Crippen molar-refractivity contribution in [3.63, 3.8) is 0 Å². The van der Waals surface area contributed by atoms with Gasteiger partial charge in [0.15, 0.2) is 10.7 Å². The molecule has 0 aliphatic rings. The minimum Gasteiger partial charge on any atom is -0.381 e. The van der Waals surface area contributed by atoms with Gasteiger partial charge in [-0.05, 0) is 50.6 Å². The van der Waals surface area contributed by atoms with Gasteiger partial charge in [0.05, 0.1) is 0 Å². The van der Waals surface area contributed by atoms with Crippen LogP contribution in [-0.4, -0.2) is 13.6 Å². The Kier molecular flexibility index (Phi) is 4.99. The predicted molar refractivity (Wildman–Crippen MR) is 102 cm³/mol. The molecule has 0 radical (unpaired) electrons. The van der Waals surface area contributed by atoms with Gasteiger partial charge in [0.25, 0.3) is 10.0 Å². The summed E-state index contributed by atoms with van der Waals surface area (Å²) in [4.78, 5) is 0.0825. The molecule has 0 spiro atoms. The van der Waals surface area contributed by atoms with Crippen LogP contribution in [0.2, 0.25) is 0 Å². The van der Waals surface area contributed by atoms with Gasteiger partial charge < -0.3 is 9.84 Å². The first-order valence-corrected chi connectivity index (χ1v) is 9.68. The van der Waals surface area contributed by atoms with Crippen LogP contribution in [0.3, 0.4) is 0 Å². The topological polar surface area (TPSA) is 84.2 Å². The second-order valence-corrected chi connectivity index (χ2v) is 7.79. The molecule has 7 heteroatoms. The Morgan fingerprint density at radius 3 is 2.12 bits per heavy atom. The van der Waals surface area contributed by atoms with Crippen LogP contribution in [0.4, 0.5) is 11.4 Å². The molecule has 2 aromatic carbocycles. The van der Waals surface area contributed by atoms with Crippen molar-refractivity contribution in [2.75, 3.05) is 10.0 Å². The lowest BCUT2D eigenvalue weighted by molar-refractivity contribution is 0.390. The number of hydrogen-bond acceptors (Lipinski definition) is 5. The quantitative estimate of drug-likeness (QED) is 0.684. The number of rotatable bonds is 6. The molecule has 6 nitrogen and oxygen atoms in total.